The molecule has 0 bridgehead atoms. The van der Waals surface area contributed by atoms with Crippen LogP contribution in [0.25, 0.3) is 6.08 Å². The van der Waals surface area contributed by atoms with Crippen LogP contribution in [0.3, 0.4) is 0 Å². The van der Waals surface area contributed by atoms with Crippen LogP contribution < -0.4 is 14.4 Å². The van der Waals surface area contributed by atoms with Gasteiger partial charge in [0.15, 0.2) is 23.0 Å². The summed E-state index contributed by atoms with van der Waals surface area (Å²) in [5.41, 5.74) is 3.36. The molecule has 0 atom stereocenters. The van der Waals surface area contributed by atoms with Crippen molar-refractivity contribution in [3.63, 3.8) is 0 Å². The third-order valence-corrected chi connectivity index (χ3v) is 5.87. The second-order valence-corrected chi connectivity index (χ2v) is 7.81. The molecule has 156 valence electrons. The highest BCUT2D eigenvalue weighted by Crippen LogP contribution is 2.59. The highest BCUT2D eigenvalue weighted by molar-refractivity contribution is 6.40. The summed E-state index contributed by atoms with van der Waals surface area (Å²) in [7, 11) is 0. The number of ether oxygens (including phenoxy) is 2. The molecule has 0 N–H and O–H groups in total. The molecule has 0 spiro atoms. The summed E-state index contributed by atoms with van der Waals surface area (Å²) in [6.07, 6.45) is 4.35. The maximum atomic E-state index is 12.8. The zero-order valence-electron chi connectivity index (χ0n) is 17.0. The van der Waals surface area contributed by atoms with E-state index >= 15 is 0 Å². The number of ketones is 2. The predicted molar refractivity (Wildman–Crippen MR) is 120 cm³/mol. The molecule has 0 fully saturated rings. The number of anilines is 3. The zero-order chi connectivity index (χ0) is 22.1. The average molecular weight is 431 g/mol. The lowest BCUT2D eigenvalue weighted by Gasteiger charge is -2.37. The number of aromatic nitrogens is 2. The fourth-order valence-electron chi connectivity index (χ4n) is 4.45. The Bertz CT molecular complexity index is 1470. The number of rotatable bonds is 1. The number of fused-ring (bicyclic) bond motifs is 5. The Balaban J connectivity index is 1.41. The molecular formula is C26H13N3O4. The number of carbonyl (C=O) groups excluding carboxylic acids is 2. The van der Waals surface area contributed by atoms with E-state index in [2.05, 4.69) is 14.9 Å². The van der Waals surface area contributed by atoms with E-state index in [1.165, 1.54) is 12.4 Å². The van der Waals surface area contributed by atoms with Crippen LogP contribution in [0, 0.1) is 0 Å². The first-order valence-electron chi connectivity index (χ1n) is 10.3. The smallest absolute Gasteiger partial charge is 0.217 e. The normalized spacial score (nSPS) is 14.5. The largest absolute Gasteiger partial charge is 0.453 e. The number of nitrogens with zero attached hydrogens (tertiary/aromatic N) is 3. The van der Waals surface area contributed by atoms with Crippen LogP contribution in [0.15, 0.2) is 78.6 Å². The van der Waals surface area contributed by atoms with Gasteiger partial charge in [-0.15, -0.1) is 0 Å². The molecule has 3 heterocycles. The van der Waals surface area contributed by atoms with Crippen molar-refractivity contribution in [2.45, 2.75) is 0 Å². The predicted octanol–water partition coefficient (Wildman–Crippen LogP) is 5.62. The van der Waals surface area contributed by atoms with Crippen molar-refractivity contribution in [2.75, 3.05) is 4.90 Å². The van der Waals surface area contributed by atoms with E-state index in [0.717, 1.165) is 17.1 Å². The molecule has 0 amide bonds. The first-order chi connectivity index (χ1) is 16.2. The van der Waals surface area contributed by atoms with Gasteiger partial charge in [-0.1, -0.05) is 24.3 Å². The van der Waals surface area contributed by atoms with Gasteiger partial charge >= 0.3 is 0 Å². The third-order valence-electron chi connectivity index (χ3n) is 5.87. The van der Waals surface area contributed by atoms with Gasteiger partial charge in [0.05, 0.1) is 16.9 Å². The number of allylic oxidation sites excluding steroid dienone is 1. The molecule has 7 nitrogen and oxygen atoms in total. The first-order valence-corrected chi connectivity index (χ1v) is 10.3. The summed E-state index contributed by atoms with van der Waals surface area (Å²) >= 11 is 0. The van der Waals surface area contributed by atoms with Gasteiger partial charge in [0.1, 0.15) is 17.1 Å². The molecule has 7 rings (SSSR count). The van der Waals surface area contributed by atoms with Crippen LogP contribution in [0.5, 0.6) is 23.0 Å². The Morgan fingerprint density at radius 3 is 1.76 bits per heavy atom. The summed E-state index contributed by atoms with van der Waals surface area (Å²) in [6, 6.07) is 19.1. The van der Waals surface area contributed by atoms with E-state index in [9.17, 15) is 9.59 Å². The zero-order valence-corrected chi connectivity index (χ0v) is 17.0. The van der Waals surface area contributed by atoms with E-state index in [1.807, 2.05) is 48.5 Å². The lowest BCUT2D eigenvalue weighted by molar-refractivity contribution is 0.0988. The van der Waals surface area contributed by atoms with Gasteiger partial charge in [0.2, 0.25) is 11.6 Å². The standard InChI is InChI=1S/C26H13N3O4/c30-25-15(26(31)23-22(25)27-9-10-28-23)11-14-12-20-24-21(13-14)33-19-8-4-2-6-17(19)29(24)16-5-1-3-7-18(16)32-20/h1-13H. The van der Waals surface area contributed by atoms with Crippen LogP contribution in [0.1, 0.15) is 26.5 Å². The SMILES string of the molecule is O=C1C(=Cc2cc3c4c(c2)Oc2ccccc2N4c2ccccc2O3)C(=O)c2nccnc21. The van der Waals surface area contributed by atoms with E-state index in [4.69, 9.17) is 9.47 Å². The second kappa shape index (κ2) is 6.37. The molecule has 3 aromatic carbocycles. The number of carbonyl (C=O) groups is 2. The maximum absolute atomic E-state index is 12.8. The highest BCUT2D eigenvalue weighted by Gasteiger charge is 2.37. The van der Waals surface area contributed by atoms with Gasteiger partial charge in [-0.25, -0.2) is 9.97 Å². The van der Waals surface area contributed by atoms with Crippen molar-refractivity contribution >= 4 is 34.7 Å². The Labute approximate surface area is 187 Å². The Morgan fingerprint density at radius 2 is 1.21 bits per heavy atom. The molecular weight excluding hydrogens is 418 g/mol. The van der Waals surface area contributed by atoms with Gasteiger partial charge in [-0.2, -0.15) is 0 Å². The maximum Gasteiger partial charge on any atom is 0.217 e. The number of hydrogen-bond acceptors (Lipinski definition) is 7. The molecule has 1 aliphatic carbocycles. The van der Waals surface area contributed by atoms with Crippen molar-refractivity contribution < 1.29 is 19.1 Å². The van der Waals surface area contributed by atoms with E-state index < -0.39 is 11.6 Å². The summed E-state index contributed by atoms with van der Waals surface area (Å²) in [5, 5.41) is 0. The minimum atomic E-state index is -0.436. The lowest BCUT2D eigenvalue weighted by Crippen LogP contribution is -2.20. The van der Waals surface area contributed by atoms with Crippen molar-refractivity contribution in [3.05, 3.63) is 95.6 Å². The second-order valence-electron chi connectivity index (χ2n) is 7.81. The van der Waals surface area contributed by atoms with E-state index in [-0.39, 0.29) is 17.0 Å². The molecule has 0 radical (unpaired) electrons. The van der Waals surface area contributed by atoms with Crippen LogP contribution >= 0.6 is 0 Å². The molecule has 1 aromatic heterocycles. The number of hydrogen-bond donors (Lipinski definition) is 0. The van der Waals surface area contributed by atoms with E-state index in [1.54, 1.807) is 18.2 Å². The van der Waals surface area contributed by atoms with Gasteiger partial charge in [0, 0.05) is 12.4 Å². The Hall–Kier alpha value is -4.78. The van der Waals surface area contributed by atoms with Gasteiger partial charge in [0.25, 0.3) is 0 Å². The van der Waals surface area contributed by atoms with Gasteiger partial charge in [-0.05, 0) is 48.0 Å². The monoisotopic (exact) mass is 431 g/mol. The van der Waals surface area contributed by atoms with Crippen molar-refractivity contribution in [3.8, 4) is 23.0 Å². The summed E-state index contributed by atoms with van der Waals surface area (Å²) < 4.78 is 12.4. The first kappa shape index (κ1) is 17.9. The highest BCUT2D eigenvalue weighted by atomic mass is 16.5. The molecule has 0 saturated heterocycles. The number of para-hydroxylation sites is 4. The molecule has 33 heavy (non-hydrogen) atoms. The third kappa shape index (κ3) is 2.44. The molecule has 0 saturated carbocycles. The number of benzene rings is 3. The topological polar surface area (TPSA) is 81.6 Å². The fraction of sp³-hybridized carbons (Fsp3) is 0. The molecule has 0 unspecified atom stereocenters. The van der Waals surface area contributed by atoms with Crippen LogP contribution in [-0.2, 0) is 0 Å². The van der Waals surface area contributed by atoms with Gasteiger partial charge < -0.3 is 9.47 Å². The fourth-order valence-corrected chi connectivity index (χ4v) is 4.45. The summed E-state index contributed by atoms with van der Waals surface area (Å²) in [4.78, 5) is 35.7. The van der Waals surface area contributed by atoms with Crippen LogP contribution in [0.2, 0.25) is 0 Å². The van der Waals surface area contributed by atoms with Crippen LogP contribution in [0.4, 0.5) is 17.1 Å². The number of Topliss-reactive ketones (excluding diaryl/α,β-unsaturated/α-hetero) is 2. The minimum Gasteiger partial charge on any atom is -0.453 e. The van der Waals surface area contributed by atoms with Crippen molar-refractivity contribution in [1.29, 1.82) is 0 Å². The Kier molecular flexibility index (Phi) is 3.44. The Morgan fingerprint density at radius 1 is 0.697 bits per heavy atom. The van der Waals surface area contributed by atoms with Crippen LogP contribution in [-0.4, -0.2) is 21.5 Å². The van der Waals surface area contributed by atoms with Crippen molar-refractivity contribution in [2.24, 2.45) is 0 Å². The molecule has 4 aromatic rings. The molecule has 7 heteroatoms. The lowest BCUT2D eigenvalue weighted by atomic mass is 10.0. The summed E-state index contributed by atoms with van der Waals surface area (Å²) in [6.45, 7) is 0. The average Bonchev–Trinajstić information content (AvgIpc) is 3.08. The quantitative estimate of drug-likeness (QED) is 0.247. The summed E-state index contributed by atoms with van der Waals surface area (Å²) in [5.74, 6) is 1.67. The minimum absolute atomic E-state index is 0.0209. The van der Waals surface area contributed by atoms with E-state index in [0.29, 0.717) is 28.6 Å². The molecule has 2 aliphatic heterocycles. The van der Waals surface area contributed by atoms with Gasteiger partial charge in [-0.3, -0.25) is 14.5 Å². The molecule has 3 aliphatic rings. The van der Waals surface area contributed by atoms with Crippen molar-refractivity contribution in [1.82, 2.24) is 9.97 Å².